The van der Waals surface area contributed by atoms with Crippen molar-refractivity contribution in [2.45, 2.75) is 13.0 Å². The van der Waals surface area contributed by atoms with Crippen molar-refractivity contribution >= 4 is 47.0 Å². The van der Waals surface area contributed by atoms with Crippen LogP contribution in [0.2, 0.25) is 0 Å². The summed E-state index contributed by atoms with van der Waals surface area (Å²) in [5, 5.41) is 6.45. The first-order valence-corrected chi connectivity index (χ1v) is 7.21. The smallest absolute Gasteiger partial charge is 0.198 e. The minimum atomic E-state index is 0. The largest absolute Gasteiger partial charge is 0.349 e. The summed E-state index contributed by atoms with van der Waals surface area (Å²) in [6, 6.07) is 8.50. The summed E-state index contributed by atoms with van der Waals surface area (Å²) in [6.45, 7) is 1.71. The van der Waals surface area contributed by atoms with E-state index in [-0.39, 0.29) is 24.0 Å². The third-order valence-corrected chi connectivity index (χ3v) is 4.02. The second-order valence-electron chi connectivity index (χ2n) is 4.36. The number of halogens is 1. The van der Waals surface area contributed by atoms with E-state index in [0.717, 1.165) is 30.5 Å². The van der Waals surface area contributed by atoms with E-state index in [0.29, 0.717) is 0 Å². The number of guanidine groups is 1. The third kappa shape index (κ3) is 3.12. The van der Waals surface area contributed by atoms with E-state index in [1.54, 1.807) is 11.3 Å². The van der Waals surface area contributed by atoms with Crippen LogP contribution >= 0.6 is 35.3 Å². The molecule has 0 saturated heterocycles. The average molecular weight is 400 g/mol. The first-order chi connectivity index (χ1) is 9.38. The van der Waals surface area contributed by atoms with E-state index >= 15 is 0 Å². The van der Waals surface area contributed by atoms with Crippen LogP contribution in [0.25, 0.3) is 0 Å². The van der Waals surface area contributed by atoms with Crippen molar-refractivity contribution < 1.29 is 0 Å². The second-order valence-corrected chi connectivity index (χ2v) is 5.34. The Bertz CT molecular complexity index is 583. The monoisotopic (exact) mass is 400 g/mol. The van der Waals surface area contributed by atoms with Crippen LogP contribution in [0.5, 0.6) is 0 Å². The number of thiazole rings is 1. The summed E-state index contributed by atoms with van der Waals surface area (Å²) < 4.78 is 0. The molecule has 0 spiro atoms. The van der Waals surface area contributed by atoms with Crippen molar-refractivity contribution in [1.82, 2.24) is 10.3 Å². The molecule has 2 aromatic rings. The lowest BCUT2D eigenvalue weighted by Crippen LogP contribution is -2.40. The number of aliphatic imine (C=N–C) groups is 1. The molecule has 0 amide bonds. The number of nitrogens with one attached hydrogen (secondary N) is 1. The maximum Gasteiger partial charge on any atom is 0.198 e. The highest BCUT2D eigenvalue weighted by Gasteiger charge is 2.22. The number of fused-ring (bicyclic) bond motifs is 1. The molecule has 3 rings (SSSR count). The number of benzene rings is 1. The van der Waals surface area contributed by atoms with Gasteiger partial charge in [-0.3, -0.25) is 4.99 Å². The normalized spacial score (nSPS) is 13.8. The molecule has 1 aliphatic heterocycles. The first kappa shape index (κ1) is 15.2. The van der Waals surface area contributed by atoms with Crippen LogP contribution in [0, 0.1) is 0 Å². The van der Waals surface area contributed by atoms with Gasteiger partial charge in [-0.25, -0.2) is 4.98 Å². The minimum Gasteiger partial charge on any atom is -0.349 e. The molecule has 6 heteroatoms. The zero-order valence-electron chi connectivity index (χ0n) is 11.2. The summed E-state index contributed by atoms with van der Waals surface area (Å²) >= 11 is 1.66. The van der Waals surface area contributed by atoms with Crippen LogP contribution in [0.1, 0.15) is 10.6 Å². The Hall–Kier alpha value is -1.15. The van der Waals surface area contributed by atoms with Gasteiger partial charge in [-0.15, -0.1) is 35.3 Å². The molecule has 0 radical (unpaired) electrons. The molecule has 1 aromatic heterocycles. The fraction of sp³-hybridized carbons (Fsp3) is 0.286. The summed E-state index contributed by atoms with van der Waals surface area (Å²) in [5.74, 6) is 0.917. The van der Waals surface area contributed by atoms with E-state index < -0.39 is 0 Å². The molecule has 1 aromatic carbocycles. The van der Waals surface area contributed by atoms with Crippen LogP contribution in [0.4, 0.5) is 5.69 Å². The molecule has 2 heterocycles. The molecule has 0 unspecified atom stereocenters. The Kier molecular flexibility index (Phi) is 5.36. The fourth-order valence-electron chi connectivity index (χ4n) is 2.35. The Morgan fingerprint density at radius 2 is 2.30 bits per heavy atom. The van der Waals surface area contributed by atoms with Gasteiger partial charge < -0.3 is 10.2 Å². The topological polar surface area (TPSA) is 40.5 Å². The summed E-state index contributed by atoms with van der Waals surface area (Å²) in [6.07, 6.45) is 2.91. The number of hydrogen-bond donors (Lipinski definition) is 1. The Labute approximate surface area is 140 Å². The van der Waals surface area contributed by atoms with Crippen molar-refractivity contribution in [1.29, 1.82) is 0 Å². The number of anilines is 1. The number of para-hydroxylation sites is 1. The molecule has 1 N–H and O–H groups in total. The summed E-state index contributed by atoms with van der Waals surface area (Å²) in [7, 11) is 1.82. The van der Waals surface area contributed by atoms with Crippen molar-refractivity contribution in [2.24, 2.45) is 4.99 Å². The van der Waals surface area contributed by atoms with Crippen molar-refractivity contribution in [3.63, 3.8) is 0 Å². The summed E-state index contributed by atoms with van der Waals surface area (Å²) in [4.78, 5) is 10.9. The number of rotatable bonds is 2. The number of hydrogen-bond acceptors (Lipinski definition) is 3. The Morgan fingerprint density at radius 3 is 3.05 bits per heavy atom. The molecule has 0 aliphatic carbocycles. The van der Waals surface area contributed by atoms with Crippen LogP contribution in [-0.2, 0) is 13.0 Å². The zero-order valence-corrected chi connectivity index (χ0v) is 14.4. The summed E-state index contributed by atoms with van der Waals surface area (Å²) in [5.41, 5.74) is 2.65. The molecule has 1 aliphatic rings. The number of aromatic nitrogens is 1. The van der Waals surface area contributed by atoms with Gasteiger partial charge in [0.25, 0.3) is 0 Å². The fourth-order valence-corrected chi connectivity index (χ4v) is 2.90. The van der Waals surface area contributed by atoms with Gasteiger partial charge in [0, 0.05) is 30.9 Å². The molecule has 0 atom stereocenters. The predicted octanol–water partition coefficient (Wildman–Crippen LogP) is 2.90. The van der Waals surface area contributed by atoms with E-state index in [9.17, 15) is 0 Å². The molecular formula is C14H17IN4S. The van der Waals surface area contributed by atoms with Crippen molar-refractivity contribution in [3.8, 4) is 0 Å². The minimum absolute atomic E-state index is 0. The molecule has 0 bridgehead atoms. The molecule has 4 nitrogen and oxygen atoms in total. The van der Waals surface area contributed by atoms with Gasteiger partial charge in [0.15, 0.2) is 5.96 Å². The van der Waals surface area contributed by atoms with E-state index in [1.165, 1.54) is 11.3 Å². The highest BCUT2D eigenvalue weighted by atomic mass is 127. The lowest BCUT2D eigenvalue weighted by molar-refractivity contribution is 0.859. The van der Waals surface area contributed by atoms with E-state index in [1.807, 2.05) is 18.6 Å². The quantitative estimate of drug-likeness (QED) is 0.479. The lowest BCUT2D eigenvalue weighted by Gasteiger charge is -2.21. The van der Waals surface area contributed by atoms with Gasteiger partial charge in [0.05, 0.1) is 6.54 Å². The maximum atomic E-state index is 4.38. The van der Waals surface area contributed by atoms with Crippen LogP contribution in [0.3, 0.4) is 0 Å². The van der Waals surface area contributed by atoms with Crippen LogP contribution in [0.15, 0.2) is 40.8 Å². The average Bonchev–Trinajstić information content (AvgIpc) is 3.09. The van der Waals surface area contributed by atoms with E-state index in [2.05, 4.69) is 44.5 Å². The maximum absolute atomic E-state index is 4.38. The Balaban J connectivity index is 0.00000147. The number of nitrogens with zero attached hydrogens (tertiary/aromatic N) is 3. The molecule has 0 fully saturated rings. The molecule has 106 valence electrons. The van der Waals surface area contributed by atoms with E-state index in [4.69, 9.17) is 0 Å². The van der Waals surface area contributed by atoms with Gasteiger partial charge in [0.2, 0.25) is 0 Å². The molecular weight excluding hydrogens is 383 g/mol. The first-order valence-electron chi connectivity index (χ1n) is 6.33. The highest BCUT2D eigenvalue weighted by Crippen LogP contribution is 2.27. The molecule has 20 heavy (non-hydrogen) atoms. The highest BCUT2D eigenvalue weighted by molar-refractivity contribution is 14.0. The molecule has 0 saturated carbocycles. The van der Waals surface area contributed by atoms with Gasteiger partial charge >= 0.3 is 0 Å². The van der Waals surface area contributed by atoms with Crippen LogP contribution < -0.4 is 10.2 Å². The second kappa shape index (κ2) is 7.03. The lowest BCUT2D eigenvalue weighted by atomic mass is 10.2. The van der Waals surface area contributed by atoms with Gasteiger partial charge in [0.1, 0.15) is 5.01 Å². The zero-order chi connectivity index (χ0) is 13.1. The third-order valence-electron chi connectivity index (χ3n) is 3.24. The van der Waals surface area contributed by atoms with Crippen molar-refractivity contribution in [3.05, 3.63) is 46.4 Å². The van der Waals surface area contributed by atoms with Gasteiger partial charge in [-0.1, -0.05) is 18.2 Å². The van der Waals surface area contributed by atoms with Gasteiger partial charge in [-0.2, -0.15) is 0 Å². The standard InChI is InChI=1S/C14H16N4S.HI/c1-15-14(17-10-13-16-7-9-19-13)18-8-6-11-4-2-3-5-12(11)18;/h2-5,7,9H,6,8,10H2,1H3,(H,15,17);1H. The van der Waals surface area contributed by atoms with Crippen molar-refractivity contribution in [2.75, 3.05) is 18.5 Å². The predicted molar refractivity (Wildman–Crippen MR) is 95.2 cm³/mol. The Morgan fingerprint density at radius 1 is 1.45 bits per heavy atom. The SMILES string of the molecule is CN=C(NCc1nccs1)N1CCc2ccccc21.I. The van der Waals surface area contributed by atoms with Crippen LogP contribution in [-0.4, -0.2) is 24.5 Å². The van der Waals surface area contributed by atoms with Gasteiger partial charge in [-0.05, 0) is 18.1 Å².